The number of hydrogen-bond donors (Lipinski definition) is 2. The van der Waals surface area contributed by atoms with E-state index in [-0.39, 0.29) is 6.54 Å². The standard InChI is InChI=1S/C19H27N5O2S/c1-14-10-15(2)19(16(3)11-14)27(25,26)22-7-6-20-18-12-17(13-21-23-18)24-8-4-5-9-24/h10-13,22H,4-9H2,1-3H3,(H,20,23). The highest BCUT2D eigenvalue weighted by atomic mass is 32.2. The van der Waals surface area contributed by atoms with Crippen LogP contribution in [0.4, 0.5) is 11.5 Å². The van der Waals surface area contributed by atoms with Crippen molar-refractivity contribution in [3.63, 3.8) is 0 Å². The molecule has 0 saturated carbocycles. The van der Waals surface area contributed by atoms with Gasteiger partial charge in [-0.3, -0.25) is 0 Å². The summed E-state index contributed by atoms with van der Waals surface area (Å²) in [6, 6.07) is 5.74. The Labute approximate surface area is 161 Å². The van der Waals surface area contributed by atoms with E-state index >= 15 is 0 Å². The number of nitrogens with one attached hydrogen (secondary N) is 2. The van der Waals surface area contributed by atoms with Crippen LogP contribution in [0.2, 0.25) is 0 Å². The van der Waals surface area contributed by atoms with Crippen molar-refractivity contribution in [3.05, 3.63) is 41.1 Å². The van der Waals surface area contributed by atoms with Crippen LogP contribution in [0.25, 0.3) is 0 Å². The molecule has 1 aliphatic heterocycles. The number of sulfonamides is 1. The molecular weight excluding hydrogens is 362 g/mol. The fourth-order valence-corrected chi connectivity index (χ4v) is 5.11. The van der Waals surface area contributed by atoms with Gasteiger partial charge in [0.2, 0.25) is 10.0 Å². The number of aryl methyl sites for hydroxylation is 3. The van der Waals surface area contributed by atoms with Crippen LogP contribution in [-0.2, 0) is 10.0 Å². The Kier molecular flexibility index (Phi) is 5.96. The van der Waals surface area contributed by atoms with Gasteiger partial charge < -0.3 is 10.2 Å². The Bertz CT molecular complexity index is 885. The molecule has 2 aromatic rings. The Morgan fingerprint density at radius 1 is 1.04 bits per heavy atom. The van der Waals surface area contributed by atoms with Crippen molar-refractivity contribution < 1.29 is 8.42 Å². The van der Waals surface area contributed by atoms with Crippen molar-refractivity contribution in [2.24, 2.45) is 0 Å². The Morgan fingerprint density at radius 3 is 2.37 bits per heavy atom. The van der Waals surface area contributed by atoms with Gasteiger partial charge in [-0.1, -0.05) is 17.7 Å². The molecule has 1 fully saturated rings. The van der Waals surface area contributed by atoms with Gasteiger partial charge >= 0.3 is 0 Å². The van der Waals surface area contributed by atoms with Crippen LogP contribution in [0.3, 0.4) is 0 Å². The lowest BCUT2D eigenvalue weighted by molar-refractivity contribution is 0.581. The number of benzene rings is 1. The second-order valence-corrected chi connectivity index (χ2v) is 8.75. The molecule has 0 radical (unpaired) electrons. The highest BCUT2D eigenvalue weighted by Gasteiger charge is 2.19. The van der Waals surface area contributed by atoms with E-state index in [9.17, 15) is 8.42 Å². The van der Waals surface area contributed by atoms with Crippen LogP contribution in [0.1, 0.15) is 29.5 Å². The van der Waals surface area contributed by atoms with E-state index in [1.165, 1.54) is 12.8 Å². The normalized spacial score (nSPS) is 14.6. The maximum absolute atomic E-state index is 12.7. The lowest BCUT2D eigenvalue weighted by Crippen LogP contribution is -2.30. The minimum absolute atomic E-state index is 0.269. The topological polar surface area (TPSA) is 87.2 Å². The van der Waals surface area contributed by atoms with Crippen LogP contribution in [0.15, 0.2) is 29.3 Å². The zero-order valence-corrected chi connectivity index (χ0v) is 16.9. The van der Waals surface area contributed by atoms with E-state index < -0.39 is 10.0 Å². The van der Waals surface area contributed by atoms with Gasteiger partial charge in [0.1, 0.15) is 0 Å². The fourth-order valence-electron chi connectivity index (χ4n) is 3.63. The summed E-state index contributed by atoms with van der Waals surface area (Å²) in [6.45, 7) is 8.40. The van der Waals surface area contributed by atoms with Crippen LogP contribution < -0.4 is 14.9 Å². The minimum atomic E-state index is -3.55. The first-order chi connectivity index (χ1) is 12.9. The summed E-state index contributed by atoms with van der Waals surface area (Å²) in [7, 11) is -3.55. The Hall–Kier alpha value is -2.19. The second-order valence-electron chi connectivity index (χ2n) is 7.05. The van der Waals surface area contributed by atoms with Gasteiger partial charge in [0, 0.05) is 32.2 Å². The van der Waals surface area contributed by atoms with Crippen molar-refractivity contribution in [2.75, 3.05) is 36.4 Å². The molecule has 1 aromatic heterocycles. The molecule has 0 spiro atoms. The van der Waals surface area contributed by atoms with Gasteiger partial charge in [0.15, 0.2) is 5.82 Å². The molecule has 0 unspecified atom stereocenters. The molecule has 1 saturated heterocycles. The first kappa shape index (κ1) is 19.6. The van der Waals surface area contributed by atoms with Gasteiger partial charge in [-0.2, -0.15) is 5.10 Å². The molecule has 0 atom stereocenters. The quantitative estimate of drug-likeness (QED) is 0.707. The molecule has 8 heteroatoms. The van der Waals surface area contributed by atoms with Crippen molar-refractivity contribution in [3.8, 4) is 0 Å². The van der Waals surface area contributed by atoms with Crippen molar-refractivity contribution in [2.45, 2.75) is 38.5 Å². The molecule has 2 heterocycles. The molecule has 1 aliphatic rings. The zero-order valence-electron chi connectivity index (χ0n) is 16.1. The summed E-state index contributed by atoms with van der Waals surface area (Å²) >= 11 is 0. The highest BCUT2D eigenvalue weighted by molar-refractivity contribution is 7.89. The Balaban J connectivity index is 1.58. The molecule has 2 N–H and O–H groups in total. The maximum Gasteiger partial charge on any atom is 0.241 e. The van der Waals surface area contributed by atoms with E-state index in [1.54, 1.807) is 6.20 Å². The molecule has 146 valence electrons. The van der Waals surface area contributed by atoms with Crippen LogP contribution in [0.5, 0.6) is 0 Å². The molecular formula is C19H27N5O2S. The van der Waals surface area contributed by atoms with Crippen LogP contribution in [0, 0.1) is 20.8 Å². The zero-order chi connectivity index (χ0) is 19.4. The monoisotopic (exact) mass is 389 g/mol. The number of aromatic nitrogens is 2. The molecule has 3 rings (SSSR count). The number of anilines is 2. The third-order valence-electron chi connectivity index (χ3n) is 4.71. The number of rotatable bonds is 7. The van der Waals surface area contributed by atoms with Gasteiger partial charge in [0.05, 0.1) is 16.8 Å². The van der Waals surface area contributed by atoms with Gasteiger partial charge in [-0.25, -0.2) is 13.1 Å². The predicted octanol–water partition coefficient (Wildman–Crippen LogP) is 2.39. The molecule has 27 heavy (non-hydrogen) atoms. The third-order valence-corrected chi connectivity index (χ3v) is 6.47. The summed E-state index contributed by atoms with van der Waals surface area (Å²) < 4.78 is 28.0. The van der Waals surface area contributed by atoms with Crippen LogP contribution in [-0.4, -0.2) is 44.8 Å². The summed E-state index contributed by atoms with van der Waals surface area (Å²) in [6.07, 6.45) is 4.16. The molecule has 0 aliphatic carbocycles. The van der Waals surface area contributed by atoms with Gasteiger partial charge in [0.25, 0.3) is 0 Å². The highest BCUT2D eigenvalue weighted by Crippen LogP contribution is 2.22. The molecule has 0 amide bonds. The lowest BCUT2D eigenvalue weighted by atomic mass is 10.1. The summed E-state index contributed by atoms with van der Waals surface area (Å²) in [4.78, 5) is 2.65. The number of hydrogen-bond acceptors (Lipinski definition) is 6. The summed E-state index contributed by atoms with van der Waals surface area (Å²) in [5, 5.41) is 11.3. The largest absolute Gasteiger partial charge is 0.370 e. The average molecular weight is 390 g/mol. The summed E-state index contributed by atoms with van der Waals surface area (Å²) in [5.41, 5.74) is 3.63. The summed E-state index contributed by atoms with van der Waals surface area (Å²) in [5.74, 6) is 0.654. The second kappa shape index (κ2) is 8.22. The van der Waals surface area contributed by atoms with E-state index in [2.05, 4.69) is 25.1 Å². The smallest absolute Gasteiger partial charge is 0.241 e. The third kappa shape index (κ3) is 4.75. The Morgan fingerprint density at radius 2 is 1.70 bits per heavy atom. The average Bonchev–Trinajstić information content (AvgIpc) is 3.12. The maximum atomic E-state index is 12.7. The van der Waals surface area contributed by atoms with Gasteiger partial charge in [-0.05, 0) is 44.7 Å². The SMILES string of the molecule is Cc1cc(C)c(S(=O)(=O)NCCNc2cc(N3CCCC3)cnn2)c(C)c1. The van der Waals surface area contributed by atoms with E-state index in [4.69, 9.17) is 0 Å². The van der Waals surface area contributed by atoms with Crippen molar-refractivity contribution >= 4 is 21.5 Å². The van der Waals surface area contributed by atoms with E-state index in [0.29, 0.717) is 17.3 Å². The molecule has 0 bridgehead atoms. The van der Waals surface area contributed by atoms with Crippen LogP contribution >= 0.6 is 0 Å². The van der Waals surface area contributed by atoms with E-state index in [1.807, 2.05) is 39.0 Å². The lowest BCUT2D eigenvalue weighted by Gasteiger charge is -2.17. The van der Waals surface area contributed by atoms with Crippen molar-refractivity contribution in [1.82, 2.24) is 14.9 Å². The minimum Gasteiger partial charge on any atom is -0.370 e. The molecule has 7 nitrogen and oxygen atoms in total. The van der Waals surface area contributed by atoms with E-state index in [0.717, 1.165) is 35.5 Å². The fraction of sp³-hybridized carbons (Fsp3) is 0.474. The number of nitrogens with zero attached hydrogens (tertiary/aromatic N) is 3. The van der Waals surface area contributed by atoms with Gasteiger partial charge in [-0.15, -0.1) is 5.10 Å². The molecule has 1 aromatic carbocycles. The first-order valence-electron chi connectivity index (χ1n) is 9.26. The predicted molar refractivity (Wildman–Crippen MR) is 108 cm³/mol. The van der Waals surface area contributed by atoms with Crippen molar-refractivity contribution in [1.29, 1.82) is 0 Å². The first-order valence-corrected chi connectivity index (χ1v) is 10.7.